The summed E-state index contributed by atoms with van der Waals surface area (Å²) in [4.78, 5) is 18.8. The average molecular weight is 277 g/mol. The number of hydrogen-bond acceptors (Lipinski definition) is 4. The van der Waals surface area contributed by atoms with E-state index in [-0.39, 0.29) is 12.5 Å². The lowest BCUT2D eigenvalue weighted by Gasteiger charge is -2.28. The smallest absolute Gasteiger partial charge is 0.251 e. The van der Waals surface area contributed by atoms with Crippen molar-refractivity contribution in [3.05, 3.63) is 23.9 Å². The van der Waals surface area contributed by atoms with Gasteiger partial charge in [0.25, 0.3) is 5.91 Å². The molecule has 2 rings (SSSR count). The Bertz CT molecular complexity index is 468. The number of aliphatic hydroxyl groups excluding tert-OH is 1. The van der Waals surface area contributed by atoms with E-state index in [4.69, 9.17) is 0 Å². The molecule has 0 spiro atoms. The predicted molar refractivity (Wildman–Crippen MR) is 78.9 cm³/mol. The number of nitrogens with zero attached hydrogens (tertiary/aromatic N) is 2. The molecule has 2 heterocycles. The molecule has 0 bridgehead atoms. The summed E-state index contributed by atoms with van der Waals surface area (Å²) in [5, 5.41) is 12.0. The predicted octanol–water partition coefficient (Wildman–Crippen LogP) is 1.57. The number of pyridine rings is 1. The maximum atomic E-state index is 12.2. The number of hydrogen-bond donors (Lipinski definition) is 2. The normalized spacial score (nSPS) is 16.1. The van der Waals surface area contributed by atoms with Crippen LogP contribution in [0.1, 0.15) is 43.5 Å². The zero-order valence-corrected chi connectivity index (χ0v) is 12.2. The third kappa shape index (κ3) is 3.70. The molecule has 0 aromatic carbocycles. The molecule has 1 amide bonds. The van der Waals surface area contributed by atoms with Crippen molar-refractivity contribution in [3.63, 3.8) is 0 Å². The molecule has 1 aliphatic heterocycles. The van der Waals surface area contributed by atoms with E-state index in [1.165, 1.54) is 19.3 Å². The van der Waals surface area contributed by atoms with Crippen LogP contribution in [0.15, 0.2) is 18.3 Å². The van der Waals surface area contributed by atoms with Crippen LogP contribution in [0.2, 0.25) is 0 Å². The zero-order valence-electron chi connectivity index (χ0n) is 12.2. The Hall–Kier alpha value is -1.62. The van der Waals surface area contributed by atoms with Gasteiger partial charge in [0.2, 0.25) is 0 Å². The first-order valence-electron chi connectivity index (χ1n) is 7.16. The van der Waals surface area contributed by atoms with E-state index in [9.17, 15) is 9.90 Å². The van der Waals surface area contributed by atoms with Crippen LogP contribution in [0.5, 0.6) is 0 Å². The second-order valence-electron chi connectivity index (χ2n) is 5.95. The molecule has 1 aromatic rings. The van der Waals surface area contributed by atoms with Crippen LogP contribution in [-0.4, -0.2) is 41.2 Å². The van der Waals surface area contributed by atoms with E-state index >= 15 is 0 Å². The van der Waals surface area contributed by atoms with Crippen molar-refractivity contribution in [3.8, 4) is 0 Å². The fourth-order valence-corrected chi connectivity index (χ4v) is 2.27. The second kappa shape index (κ2) is 6.22. The Morgan fingerprint density at radius 1 is 1.40 bits per heavy atom. The molecule has 0 saturated carbocycles. The van der Waals surface area contributed by atoms with E-state index in [1.807, 2.05) is 6.07 Å². The summed E-state index contributed by atoms with van der Waals surface area (Å²) in [6, 6.07) is 3.53. The van der Waals surface area contributed by atoms with Crippen molar-refractivity contribution in [1.29, 1.82) is 0 Å². The summed E-state index contributed by atoms with van der Waals surface area (Å²) < 4.78 is 0. The van der Waals surface area contributed by atoms with Crippen LogP contribution in [0.4, 0.5) is 5.82 Å². The van der Waals surface area contributed by atoms with Gasteiger partial charge in [-0.15, -0.1) is 0 Å². The monoisotopic (exact) mass is 277 g/mol. The van der Waals surface area contributed by atoms with Crippen molar-refractivity contribution >= 4 is 11.7 Å². The van der Waals surface area contributed by atoms with E-state index in [1.54, 1.807) is 26.1 Å². The molecule has 0 atom stereocenters. The van der Waals surface area contributed by atoms with Gasteiger partial charge in [0.05, 0.1) is 12.1 Å². The maximum absolute atomic E-state index is 12.2. The van der Waals surface area contributed by atoms with Crippen LogP contribution in [0.3, 0.4) is 0 Å². The van der Waals surface area contributed by atoms with Gasteiger partial charge < -0.3 is 15.3 Å². The highest BCUT2D eigenvalue weighted by Gasteiger charge is 2.21. The SMILES string of the molecule is CC(C)(CO)NC(=O)c1ccnc(N2CCCCC2)c1. The van der Waals surface area contributed by atoms with Gasteiger partial charge in [-0.2, -0.15) is 0 Å². The lowest BCUT2D eigenvalue weighted by Crippen LogP contribution is -2.46. The molecular weight excluding hydrogens is 254 g/mol. The molecule has 5 heteroatoms. The molecule has 0 aliphatic carbocycles. The first-order valence-corrected chi connectivity index (χ1v) is 7.16. The first-order chi connectivity index (χ1) is 9.52. The molecular formula is C15H23N3O2. The molecule has 110 valence electrons. The largest absolute Gasteiger partial charge is 0.394 e. The van der Waals surface area contributed by atoms with Gasteiger partial charge in [-0.1, -0.05) is 0 Å². The van der Waals surface area contributed by atoms with Crippen molar-refractivity contribution in [2.45, 2.75) is 38.6 Å². The number of aromatic nitrogens is 1. The minimum atomic E-state index is -0.619. The minimum Gasteiger partial charge on any atom is -0.394 e. The first kappa shape index (κ1) is 14.8. The number of amides is 1. The highest BCUT2D eigenvalue weighted by Crippen LogP contribution is 2.18. The van der Waals surface area contributed by atoms with Crippen molar-refractivity contribution in [1.82, 2.24) is 10.3 Å². The lowest BCUT2D eigenvalue weighted by atomic mass is 10.1. The Kier molecular flexibility index (Phi) is 4.60. The number of nitrogens with one attached hydrogen (secondary N) is 1. The maximum Gasteiger partial charge on any atom is 0.251 e. The molecule has 1 aromatic heterocycles. The standard InChI is InChI=1S/C15H23N3O2/c1-15(2,11-19)17-14(20)12-6-7-16-13(10-12)18-8-4-3-5-9-18/h6-7,10,19H,3-5,8-9,11H2,1-2H3,(H,17,20). The van der Waals surface area contributed by atoms with E-state index in [2.05, 4.69) is 15.2 Å². The fraction of sp³-hybridized carbons (Fsp3) is 0.600. The molecule has 0 radical (unpaired) electrons. The van der Waals surface area contributed by atoms with Gasteiger partial charge in [0.1, 0.15) is 5.82 Å². The highest BCUT2D eigenvalue weighted by atomic mass is 16.3. The molecule has 20 heavy (non-hydrogen) atoms. The van der Waals surface area contributed by atoms with Gasteiger partial charge in [0, 0.05) is 24.8 Å². The third-order valence-electron chi connectivity index (χ3n) is 3.53. The summed E-state index contributed by atoms with van der Waals surface area (Å²) in [7, 11) is 0. The molecule has 1 saturated heterocycles. The van der Waals surface area contributed by atoms with Gasteiger partial charge in [-0.25, -0.2) is 4.98 Å². The van der Waals surface area contributed by atoms with Crippen LogP contribution in [0, 0.1) is 0 Å². The summed E-state index contributed by atoms with van der Waals surface area (Å²) >= 11 is 0. The van der Waals surface area contributed by atoms with Crippen molar-refractivity contribution in [2.75, 3.05) is 24.6 Å². The van der Waals surface area contributed by atoms with Gasteiger partial charge in [-0.3, -0.25) is 4.79 Å². The molecule has 2 N–H and O–H groups in total. The molecule has 1 fully saturated rings. The lowest BCUT2D eigenvalue weighted by molar-refractivity contribution is 0.0869. The summed E-state index contributed by atoms with van der Waals surface area (Å²) in [6.45, 7) is 5.48. The molecule has 0 unspecified atom stereocenters. The van der Waals surface area contributed by atoms with E-state index in [0.29, 0.717) is 5.56 Å². The van der Waals surface area contributed by atoms with Crippen molar-refractivity contribution < 1.29 is 9.90 Å². The topological polar surface area (TPSA) is 65.5 Å². The van der Waals surface area contributed by atoms with Crippen LogP contribution < -0.4 is 10.2 Å². The second-order valence-corrected chi connectivity index (χ2v) is 5.95. The number of carbonyl (C=O) groups is 1. The Morgan fingerprint density at radius 2 is 2.10 bits per heavy atom. The van der Waals surface area contributed by atoms with Crippen LogP contribution >= 0.6 is 0 Å². The third-order valence-corrected chi connectivity index (χ3v) is 3.53. The Morgan fingerprint density at radius 3 is 2.75 bits per heavy atom. The summed E-state index contributed by atoms with van der Waals surface area (Å²) in [5.74, 6) is 0.684. The quantitative estimate of drug-likeness (QED) is 0.877. The average Bonchev–Trinajstić information content (AvgIpc) is 2.48. The zero-order chi connectivity index (χ0) is 14.6. The van der Waals surface area contributed by atoms with E-state index < -0.39 is 5.54 Å². The van der Waals surface area contributed by atoms with Gasteiger partial charge in [0.15, 0.2) is 0 Å². The van der Waals surface area contributed by atoms with Gasteiger partial charge in [-0.05, 0) is 45.2 Å². The van der Waals surface area contributed by atoms with Crippen LogP contribution in [-0.2, 0) is 0 Å². The Labute approximate surface area is 120 Å². The van der Waals surface area contributed by atoms with Crippen molar-refractivity contribution in [2.24, 2.45) is 0 Å². The van der Waals surface area contributed by atoms with Crippen LogP contribution in [0.25, 0.3) is 0 Å². The number of anilines is 1. The summed E-state index contributed by atoms with van der Waals surface area (Å²) in [5.41, 5.74) is -0.0341. The minimum absolute atomic E-state index is 0.0944. The van der Waals surface area contributed by atoms with Gasteiger partial charge >= 0.3 is 0 Å². The molecule has 1 aliphatic rings. The number of aliphatic hydroxyl groups is 1. The fourth-order valence-electron chi connectivity index (χ4n) is 2.27. The number of carbonyl (C=O) groups excluding carboxylic acids is 1. The molecule has 5 nitrogen and oxygen atoms in total. The number of piperidine rings is 1. The summed E-state index contributed by atoms with van der Waals surface area (Å²) in [6.07, 6.45) is 5.29. The number of rotatable bonds is 4. The highest BCUT2D eigenvalue weighted by molar-refractivity contribution is 5.95. The van der Waals surface area contributed by atoms with E-state index in [0.717, 1.165) is 18.9 Å². The Balaban J connectivity index is 2.10.